The van der Waals surface area contributed by atoms with E-state index in [1.54, 1.807) is 4.40 Å². The van der Waals surface area contributed by atoms with Crippen LogP contribution in [0, 0.1) is 13.8 Å². The van der Waals surface area contributed by atoms with Gasteiger partial charge in [-0.1, -0.05) is 41.7 Å². The van der Waals surface area contributed by atoms with Crippen molar-refractivity contribution in [2.24, 2.45) is 0 Å². The fourth-order valence-corrected chi connectivity index (χ4v) is 4.65. The highest BCUT2D eigenvalue weighted by atomic mass is 32.1. The molecule has 0 aliphatic rings. The molecule has 0 amide bonds. The van der Waals surface area contributed by atoms with Crippen LogP contribution in [0.3, 0.4) is 0 Å². The summed E-state index contributed by atoms with van der Waals surface area (Å²) in [5, 5.41) is 0. The van der Waals surface area contributed by atoms with Gasteiger partial charge in [0, 0.05) is 6.42 Å². The Kier molecular flexibility index (Phi) is 5.84. The largest absolute Gasteiger partial charge is 0.493 e. The molecular formula is C27H24N2O3S. The molecule has 5 rings (SSSR count). The Morgan fingerprint density at radius 3 is 2.42 bits per heavy atom. The standard InChI is InChI=1S/C27H24N2O3S/c1-18-8-11-22(16-19(18)2)32-15-5-14-31-21-12-9-20(10-13-21)17-25-26(30)29-24-7-4-3-6-23(24)28-27(29)33-25/h3-4,6-13,16-17H,5,14-15H2,1-2H3. The number of ether oxygens (including phenoxy) is 2. The summed E-state index contributed by atoms with van der Waals surface area (Å²) >= 11 is 1.41. The van der Waals surface area contributed by atoms with E-state index in [2.05, 4.69) is 31.0 Å². The van der Waals surface area contributed by atoms with Gasteiger partial charge in [-0.2, -0.15) is 0 Å². The number of aryl methyl sites for hydroxylation is 2. The molecule has 0 unspecified atom stereocenters. The molecule has 0 bridgehead atoms. The smallest absolute Gasteiger partial charge is 0.274 e. The monoisotopic (exact) mass is 456 g/mol. The van der Waals surface area contributed by atoms with Crippen LogP contribution >= 0.6 is 11.3 Å². The lowest BCUT2D eigenvalue weighted by atomic mass is 10.1. The van der Waals surface area contributed by atoms with E-state index in [1.807, 2.05) is 60.7 Å². The van der Waals surface area contributed by atoms with Crippen LogP contribution in [0.1, 0.15) is 23.1 Å². The number of imidazole rings is 1. The van der Waals surface area contributed by atoms with Crippen molar-refractivity contribution in [3.8, 4) is 11.5 Å². The Hall–Kier alpha value is -3.64. The average molecular weight is 457 g/mol. The van der Waals surface area contributed by atoms with Crippen molar-refractivity contribution < 1.29 is 9.47 Å². The Morgan fingerprint density at radius 2 is 1.64 bits per heavy atom. The van der Waals surface area contributed by atoms with Crippen molar-refractivity contribution in [1.29, 1.82) is 0 Å². The molecule has 5 nitrogen and oxygen atoms in total. The first-order valence-corrected chi connectivity index (χ1v) is 11.7. The molecule has 0 saturated carbocycles. The minimum absolute atomic E-state index is 0.0344. The fourth-order valence-electron chi connectivity index (χ4n) is 3.67. The minimum Gasteiger partial charge on any atom is -0.493 e. The molecule has 0 fully saturated rings. The van der Waals surface area contributed by atoms with E-state index < -0.39 is 0 Å². The van der Waals surface area contributed by atoms with Crippen molar-refractivity contribution in [2.45, 2.75) is 20.3 Å². The summed E-state index contributed by atoms with van der Waals surface area (Å²) in [6.45, 7) is 5.36. The van der Waals surface area contributed by atoms with Gasteiger partial charge in [-0.05, 0) is 73.0 Å². The number of hydrogen-bond donors (Lipinski definition) is 0. The highest BCUT2D eigenvalue weighted by molar-refractivity contribution is 7.15. The molecule has 2 heterocycles. The summed E-state index contributed by atoms with van der Waals surface area (Å²) in [6, 6.07) is 21.6. The van der Waals surface area contributed by atoms with Crippen LogP contribution in [0.5, 0.6) is 11.5 Å². The number of nitrogens with zero attached hydrogens (tertiary/aromatic N) is 2. The first kappa shape index (κ1) is 21.2. The fraction of sp³-hybridized carbons (Fsp3) is 0.185. The van der Waals surface area contributed by atoms with Crippen molar-refractivity contribution in [3.05, 3.63) is 98.3 Å². The van der Waals surface area contributed by atoms with Crippen LogP contribution in [0.4, 0.5) is 0 Å². The predicted octanol–water partition coefficient (Wildman–Crippen LogP) is 4.92. The topological polar surface area (TPSA) is 52.8 Å². The number of para-hydroxylation sites is 2. The maximum Gasteiger partial charge on any atom is 0.274 e. The van der Waals surface area contributed by atoms with E-state index >= 15 is 0 Å². The molecule has 2 aromatic heterocycles. The molecule has 0 atom stereocenters. The molecule has 0 aliphatic carbocycles. The number of thiazole rings is 1. The summed E-state index contributed by atoms with van der Waals surface area (Å²) < 4.78 is 14.0. The lowest BCUT2D eigenvalue weighted by Crippen LogP contribution is -2.22. The van der Waals surface area contributed by atoms with Gasteiger partial charge < -0.3 is 9.47 Å². The van der Waals surface area contributed by atoms with Crippen LogP contribution in [-0.4, -0.2) is 22.6 Å². The van der Waals surface area contributed by atoms with Crippen LogP contribution in [-0.2, 0) is 0 Å². The molecule has 33 heavy (non-hydrogen) atoms. The van der Waals surface area contributed by atoms with E-state index in [0.29, 0.717) is 17.7 Å². The molecule has 5 aromatic rings. The molecule has 0 N–H and O–H groups in total. The van der Waals surface area contributed by atoms with Gasteiger partial charge in [0.2, 0.25) is 0 Å². The summed E-state index contributed by atoms with van der Waals surface area (Å²) in [6.07, 6.45) is 2.70. The molecule has 166 valence electrons. The van der Waals surface area contributed by atoms with Crippen molar-refractivity contribution in [3.63, 3.8) is 0 Å². The summed E-state index contributed by atoms with van der Waals surface area (Å²) in [7, 11) is 0. The second-order valence-electron chi connectivity index (χ2n) is 8.00. The quantitative estimate of drug-likeness (QED) is 0.326. The summed E-state index contributed by atoms with van der Waals surface area (Å²) in [5.74, 6) is 1.69. The average Bonchev–Trinajstić information content (AvgIpc) is 3.33. The zero-order chi connectivity index (χ0) is 22.8. The van der Waals surface area contributed by atoms with Crippen LogP contribution < -0.4 is 19.6 Å². The van der Waals surface area contributed by atoms with Gasteiger partial charge in [0.1, 0.15) is 11.5 Å². The third kappa shape index (κ3) is 4.47. The van der Waals surface area contributed by atoms with Crippen LogP contribution in [0.25, 0.3) is 22.1 Å². The number of aromatic nitrogens is 2. The molecule has 0 radical (unpaired) electrons. The SMILES string of the molecule is Cc1ccc(OCCCOc2ccc(C=c3sc4nc5ccccc5n4c3=O)cc2)cc1C. The van der Waals surface area contributed by atoms with Gasteiger partial charge >= 0.3 is 0 Å². The predicted molar refractivity (Wildman–Crippen MR) is 134 cm³/mol. The highest BCUT2D eigenvalue weighted by Gasteiger charge is 2.10. The highest BCUT2D eigenvalue weighted by Crippen LogP contribution is 2.18. The Balaban J connectivity index is 1.20. The lowest BCUT2D eigenvalue weighted by molar-refractivity contribution is 0.247. The molecule has 0 aliphatic heterocycles. The van der Waals surface area contributed by atoms with E-state index in [9.17, 15) is 4.79 Å². The lowest BCUT2D eigenvalue weighted by Gasteiger charge is -2.09. The maximum atomic E-state index is 12.9. The van der Waals surface area contributed by atoms with Gasteiger partial charge in [-0.25, -0.2) is 9.38 Å². The van der Waals surface area contributed by atoms with Crippen molar-refractivity contribution in [2.75, 3.05) is 13.2 Å². The van der Waals surface area contributed by atoms with Gasteiger partial charge in [0.25, 0.3) is 5.56 Å². The third-order valence-corrected chi connectivity index (χ3v) is 6.60. The summed E-state index contributed by atoms with van der Waals surface area (Å²) in [5.41, 5.74) is 5.10. The molecular weight excluding hydrogens is 432 g/mol. The zero-order valence-corrected chi connectivity index (χ0v) is 19.4. The normalized spacial score (nSPS) is 12.0. The number of rotatable bonds is 7. The van der Waals surface area contributed by atoms with Crippen molar-refractivity contribution >= 4 is 33.4 Å². The van der Waals surface area contributed by atoms with Crippen molar-refractivity contribution in [1.82, 2.24) is 9.38 Å². The van der Waals surface area contributed by atoms with Gasteiger partial charge in [0.05, 0.1) is 28.8 Å². The maximum absolute atomic E-state index is 12.9. The number of hydrogen-bond acceptors (Lipinski definition) is 5. The van der Waals surface area contributed by atoms with E-state index in [0.717, 1.165) is 39.5 Å². The van der Waals surface area contributed by atoms with E-state index in [-0.39, 0.29) is 5.56 Å². The Morgan fingerprint density at radius 1 is 0.909 bits per heavy atom. The first-order valence-electron chi connectivity index (χ1n) is 10.9. The Labute approximate surface area is 195 Å². The zero-order valence-electron chi connectivity index (χ0n) is 18.6. The number of benzene rings is 3. The summed E-state index contributed by atoms with van der Waals surface area (Å²) in [4.78, 5) is 18.2. The first-order chi connectivity index (χ1) is 16.1. The number of fused-ring (bicyclic) bond motifs is 3. The van der Waals surface area contributed by atoms with Gasteiger partial charge in [-0.15, -0.1) is 0 Å². The minimum atomic E-state index is -0.0344. The second kappa shape index (κ2) is 9.08. The third-order valence-electron chi connectivity index (χ3n) is 5.63. The molecule has 6 heteroatoms. The van der Waals surface area contributed by atoms with Gasteiger partial charge in [0.15, 0.2) is 4.96 Å². The molecule has 0 spiro atoms. The second-order valence-corrected chi connectivity index (χ2v) is 9.01. The van der Waals surface area contributed by atoms with Gasteiger partial charge in [-0.3, -0.25) is 4.79 Å². The molecule has 3 aromatic carbocycles. The van der Waals surface area contributed by atoms with Crippen LogP contribution in [0.2, 0.25) is 0 Å². The van der Waals surface area contributed by atoms with E-state index in [1.165, 1.54) is 22.5 Å². The van der Waals surface area contributed by atoms with E-state index in [4.69, 9.17) is 9.47 Å². The Bertz CT molecular complexity index is 1530. The molecule has 0 saturated heterocycles. The van der Waals surface area contributed by atoms with Crippen LogP contribution in [0.15, 0.2) is 71.5 Å².